The molecule has 0 amide bonds. The van der Waals surface area contributed by atoms with Crippen LogP contribution >= 0.6 is 0 Å². The molecule has 0 radical (unpaired) electrons. The molecule has 0 aliphatic heterocycles. The van der Waals surface area contributed by atoms with E-state index in [0.717, 1.165) is 12.8 Å². The van der Waals surface area contributed by atoms with Crippen LogP contribution in [0.3, 0.4) is 0 Å². The Bertz CT molecular complexity index is 344. The Balaban J connectivity index is 2.89. The largest absolute Gasteiger partial charge is 0.479 e. The lowest BCUT2D eigenvalue weighted by Gasteiger charge is -2.07. The van der Waals surface area contributed by atoms with Crippen molar-refractivity contribution in [3.05, 3.63) is 11.8 Å². The van der Waals surface area contributed by atoms with Crippen molar-refractivity contribution in [2.75, 3.05) is 7.11 Å². The highest BCUT2D eigenvalue weighted by Crippen LogP contribution is 2.21. The summed E-state index contributed by atoms with van der Waals surface area (Å²) in [6.07, 6.45) is 3.62. The number of carbonyl (C=O) groups excluding carboxylic acids is 1. The van der Waals surface area contributed by atoms with Crippen molar-refractivity contribution in [1.29, 1.82) is 0 Å². The summed E-state index contributed by atoms with van der Waals surface area (Å²) in [6, 6.07) is 0. The Kier molecular flexibility index (Phi) is 3.88. The summed E-state index contributed by atoms with van der Waals surface area (Å²) in [7, 11) is 3.31. The van der Waals surface area contributed by atoms with E-state index in [-0.39, 0.29) is 11.7 Å². The van der Waals surface area contributed by atoms with Crippen LogP contribution in [0.1, 0.15) is 37.0 Å². The topological polar surface area (TPSA) is 44.1 Å². The van der Waals surface area contributed by atoms with Gasteiger partial charge in [-0.3, -0.25) is 9.48 Å². The first-order chi connectivity index (χ1) is 7.10. The van der Waals surface area contributed by atoms with Gasteiger partial charge in [0.05, 0.1) is 12.7 Å². The highest BCUT2D eigenvalue weighted by Gasteiger charge is 2.21. The molecule has 0 saturated heterocycles. The van der Waals surface area contributed by atoms with E-state index in [2.05, 4.69) is 12.0 Å². The third-order valence-corrected chi connectivity index (χ3v) is 2.42. The Morgan fingerprint density at radius 2 is 2.33 bits per heavy atom. The zero-order valence-corrected chi connectivity index (χ0v) is 9.78. The summed E-state index contributed by atoms with van der Waals surface area (Å²) in [5.74, 6) is 0.570. The Hall–Kier alpha value is -1.32. The predicted molar refractivity (Wildman–Crippen MR) is 58.2 cm³/mol. The van der Waals surface area contributed by atoms with E-state index in [1.807, 2.05) is 6.92 Å². The number of ketones is 1. The maximum absolute atomic E-state index is 12.0. The third-order valence-electron chi connectivity index (χ3n) is 2.42. The predicted octanol–water partition coefficient (Wildman–Crippen LogP) is 2.05. The molecule has 1 aromatic rings. The Labute approximate surface area is 90.2 Å². The number of Topliss-reactive ketones (excluding diaryl/α,β-unsaturated/α-hetero) is 1. The standard InChI is InChI=1S/C11H18N2O2/c1-5-6-8(2)10(14)9-7-13(3)12-11(9)15-4/h7-8H,5-6H2,1-4H3. The van der Waals surface area contributed by atoms with Gasteiger partial charge < -0.3 is 4.74 Å². The maximum Gasteiger partial charge on any atom is 0.243 e. The molecule has 0 aromatic carbocycles. The SMILES string of the molecule is CCCC(C)C(=O)c1cn(C)nc1OC. The van der Waals surface area contributed by atoms with Gasteiger partial charge >= 0.3 is 0 Å². The molecule has 1 atom stereocenters. The highest BCUT2D eigenvalue weighted by molar-refractivity contribution is 5.99. The second-order valence-electron chi connectivity index (χ2n) is 3.78. The van der Waals surface area contributed by atoms with Gasteiger partial charge in [0, 0.05) is 19.2 Å². The molecule has 0 N–H and O–H groups in total. The second kappa shape index (κ2) is 4.96. The molecule has 0 saturated carbocycles. The molecule has 1 rings (SSSR count). The summed E-state index contributed by atoms with van der Waals surface area (Å²) in [5, 5.41) is 4.07. The molecule has 4 nitrogen and oxygen atoms in total. The van der Waals surface area contributed by atoms with Crippen LogP contribution in [0.15, 0.2) is 6.20 Å². The van der Waals surface area contributed by atoms with Crippen LogP contribution in [0.4, 0.5) is 0 Å². The molecule has 1 aromatic heterocycles. The van der Waals surface area contributed by atoms with E-state index in [0.29, 0.717) is 11.4 Å². The third kappa shape index (κ3) is 2.58. The summed E-state index contributed by atoms with van der Waals surface area (Å²) < 4.78 is 6.66. The lowest BCUT2D eigenvalue weighted by atomic mass is 9.97. The van der Waals surface area contributed by atoms with Gasteiger partial charge in [0.1, 0.15) is 0 Å². The zero-order chi connectivity index (χ0) is 11.4. The van der Waals surface area contributed by atoms with Crippen LogP contribution in [-0.2, 0) is 7.05 Å². The number of hydrogen-bond acceptors (Lipinski definition) is 3. The number of aryl methyl sites for hydroxylation is 1. The fraction of sp³-hybridized carbons (Fsp3) is 0.636. The first kappa shape index (κ1) is 11.8. The lowest BCUT2D eigenvalue weighted by molar-refractivity contribution is 0.0920. The molecule has 1 heterocycles. The number of carbonyl (C=O) groups is 1. The van der Waals surface area contributed by atoms with Crippen molar-refractivity contribution in [1.82, 2.24) is 9.78 Å². The van der Waals surface area contributed by atoms with Crippen LogP contribution in [0.25, 0.3) is 0 Å². The van der Waals surface area contributed by atoms with Crippen LogP contribution in [0.2, 0.25) is 0 Å². The summed E-state index contributed by atoms with van der Waals surface area (Å²) in [6.45, 7) is 4.02. The van der Waals surface area contributed by atoms with Crippen LogP contribution in [0.5, 0.6) is 5.88 Å². The van der Waals surface area contributed by atoms with Crippen molar-refractivity contribution < 1.29 is 9.53 Å². The van der Waals surface area contributed by atoms with Gasteiger partial charge in [0.2, 0.25) is 5.88 Å². The molecule has 0 aliphatic carbocycles. The average molecular weight is 210 g/mol. The van der Waals surface area contributed by atoms with Gasteiger partial charge in [-0.2, -0.15) is 0 Å². The average Bonchev–Trinajstić information content (AvgIpc) is 2.58. The quantitative estimate of drug-likeness (QED) is 0.699. The van der Waals surface area contributed by atoms with E-state index in [1.165, 1.54) is 7.11 Å². The van der Waals surface area contributed by atoms with Crippen LogP contribution < -0.4 is 4.74 Å². The van der Waals surface area contributed by atoms with E-state index >= 15 is 0 Å². The molecule has 0 aliphatic rings. The van der Waals surface area contributed by atoms with Crippen molar-refractivity contribution in [3.63, 3.8) is 0 Å². The number of hydrogen-bond donors (Lipinski definition) is 0. The van der Waals surface area contributed by atoms with Crippen molar-refractivity contribution in [2.45, 2.75) is 26.7 Å². The first-order valence-corrected chi connectivity index (χ1v) is 5.22. The van der Waals surface area contributed by atoms with Gasteiger partial charge in [-0.05, 0) is 6.42 Å². The molecule has 1 unspecified atom stereocenters. The molecule has 0 fully saturated rings. The first-order valence-electron chi connectivity index (χ1n) is 5.22. The molecule has 0 spiro atoms. The van der Waals surface area contributed by atoms with Gasteiger partial charge in [0.15, 0.2) is 5.78 Å². The van der Waals surface area contributed by atoms with Gasteiger partial charge in [0.25, 0.3) is 0 Å². The van der Waals surface area contributed by atoms with Crippen LogP contribution in [0, 0.1) is 5.92 Å². The molecule has 0 bridgehead atoms. The minimum absolute atomic E-state index is 0.0353. The monoisotopic (exact) mass is 210 g/mol. The van der Waals surface area contributed by atoms with E-state index < -0.39 is 0 Å². The highest BCUT2D eigenvalue weighted by atomic mass is 16.5. The van der Waals surface area contributed by atoms with Gasteiger partial charge in [-0.1, -0.05) is 20.3 Å². The van der Waals surface area contributed by atoms with E-state index in [1.54, 1.807) is 17.9 Å². The second-order valence-corrected chi connectivity index (χ2v) is 3.78. The molecular formula is C11H18N2O2. The molecule has 84 valence electrons. The van der Waals surface area contributed by atoms with Crippen molar-refractivity contribution in [3.8, 4) is 5.88 Å². The van der Waals surface area contributed by atoms with E-state index in [9.17, 15) is 4.79 Å². The maximum atomic E-state index is 12.0. The number of aromatic nitrogens is 2. The molecule has 4 heteroatoms. The van der Waals surface area contributed by atoms with Crippen molar-refractivity contribution in [2.24, 2.45) is 13.0 Å². The molecule has 15 heavy (non-hydrogen) atoms. The fourth-order valence-corrected chi connectivity index (χ4v) is 1.62. The Morgan fingerprint density at radius 1 is 1.67 bits per heavy atom. The smallest absolute Gasteiger partial charge is 0.243 e. The number of methoxy groups -OCH3 is 1. The summed E-state index contributed by atoms with van der Waals surface area (Å²) >= 11 is 0. The van der Waals surface area contributed by atoms with Crippen molar-refractivity contribution >= 4 is 5.78 Å². The summed E-state index contributed by atoms with van der Waals surface area (Å²) in [5.41, 5.74) is 0.584. The minimum atomic E-state index is 0.0353. The van der Waals surface area contributed by atoms with Gasteiger partial charge in [-0.25, -0.2) is 0 Å². The number of rotatable bonds is 5. The fourth-order valence-electron chi connectivity index (χ4n) is 1.62. The Morgan fingerprint density at radius 3 is 2.87 bits per heavy atom. The zero-order valence-electron chi connectivity index (χ0n) is 9.78. The number of ether oxygens (including phenoxy) is 1. The summed E-state index contributed by atoms with van der Waals surface area (Å²) in [4.78, 5) is 12.0. The van der Waals surface area contributed by atoms with Crippen LogP contribution in [-0.4, -0.2) is 22.7 Å². The number of nitrogens with zero attached hydrogens (tertiary/aromatic N) is 2. The normalized spacial score (nSPS) is 12.5. The molecular weight excluding hydrogens is 192 g/mol. The minimum Gasteiger partial charge on any atom is -0.479 e. The van der Waals surface area contributed by atoms with E-state index in [4.69, 9.17) is 4.74 Å². The van der Waals surface area contributed by atoms with Gasteiger partial charge in [-0.15, -0.1) is 5.10 Å². The lowest BCUT2D eigenvalue weighted by Crippen LogP contribution is -2.11.